The Morgan fingerprint density at radius 2 is 2.00 bits per heavy atom. The summed E-state index contributed by atoms with van der Waals surface area (Å²) >= 11 is 1.28. The Morgan fingerprint density at radius 1 is 1.27 bits per heavy atom. The maximum Gasteiger partial charge on any atom is 0.229 e. The van der Waals surface area contributed by atoms with Gasteiger partial charge in [0.15, 0.2) is 10.9 Å². The Bertz CT molecular complexity index is 618. The molecule has 1 aromatic heterocycles. The van der Waals surface area contributed by atoms with Crippen LogP contribution in [0.3, 0.4) is 0 Å². The topological polar surface area (TPSA) is 79.4 Å². The molecular weight excluding hydrogens is 302 g/mol. The largest absolute Gasteiger partial charge is 0.343 e. The van der Waals surface area contributed by atoms with Crippen molar-refractivity contribution < 1.29 is 14.4 Å². The molecule has 0 spiro atoms. The Balaban J connectivity index is 1.61. The Hall–Kier alpha value is -1.76. The van der Waals surface area contributed by atoms with Gasteiger partial charge in [0.25, 0.3) is 0 Å². The summed E-state index contributed by atoms with van der Waals surface area (Å²) in [7, 11) is 0. The third kappa shape index (κ3) is 3.04. The first kappa shape index (κ1) is 15.1. The lowest BCUT2D eigenvalue weighted by Crippen LogP contribution is -2.40. The Kier molecular flexibility index (Phi) is 4.24. The molecule has 2 aliphatic rings. The summed E-state index contributed by atoms with van der Waals surface area (Å²) in [6, 6.07) is 0. The second kappa shape index (κ2) is 6.16. The summed E-state index contributed by atoms with van der Waals surface area (Å²) in [5.41, 5.74) is 0.822. The van der Waals surface area contributed by atoms with Gasteiger partial charge in [0.05, 0.1) is 10.6 Å². The van der Waals surface area contributed by atoms with Crippen molar-refractivity contribution in [3.05, 3.63) is 10.6 Å². The zero-order chi connectivity index (χ0) is 15.7. The van der Waals surface area contributed by atoms with Gasteiger partial charge < -0.3 is 10.2 Å². The molecule has 6 nitrogen and oxygen atoms in total. The van der Waals surface area contributed by atoms with Crippen LogP contribution in [0.4, 0.5) is 5.13 Å². The van der Waals surface area contributed by atoms with E-state index in [9.17, 15) is 14.4 Å². The van der Waals surface area contributed by atoms with E-state index in [0.29, 0.717) is 42.4 Å². The van der Waals surface area contributed by atoms with Crippen LogP contribution in [-0.2, 0) is 16.0 Å². The van der Waals surface area contributed by atoms with Gasteiger partial charge in [-0.05, 0) is 25.7 Å². The molecule has 2 amide bonds. The fourth-order valence-electron chi connectivity index (χ4n) is 2.99. The number of fused-ring (bicyclic) bond motifs is 1. The number of ketones is 1. The highest BCUT2D eigenvalue weighted by molar-refractivity contribution is 7.17. The van der Waals surface area contributed by atoms with Crippen LogP contribution >= 0.6 is 11.3 Å². The minimum Gasteiger partial charge on any atom is -0.343 e. The van der Waals surface area contributed by atoms with Crippen LogP contribution in [0, 0.1) is 5.92 Å². The number of thiazole rings is 1. The van der Waals surface area contributed by atoms with Crippen molar-refractivity contribution in [3.8, 4) is 0 Å². The van der Waals surface area contributed by atoms with Crippen LogP contribution in [0.2, 0.25) is 0 Å². The lowest BCUT2D eigenvalue weighted by Gasteiger charge is -2.30. The van der Waals surface area contributed by atoms with Crippen LogP contribution in [0.1, 0.15) is 48.0 Å². The number of amides is 2. The van der Waals surface area contributed by atoms with Crippen molar-refractivity contribution in [2.75, 3.05) is 18.4 Å². The summed E-state index contributed by atoms with van der Waals surface area (Å²) < 4.78 is 0. The van der Waals surface area contributed by atoms with Crippen molar-refractivity contribution in [2.24, 2.45) is 5.92 Å². The number of piperidine rings is 1. The third-order valence-electron chi connectivity index (χ3n) is 4.31. The molecule has 7 heteroatoms. The van der Waals surface area contributed by atoms with Gasteiger partial charge in [0.1, 0.15) is 0 Å². The van der Waals surface area contributed by atoms with Gasteiger partial charge in [0.2, 0.25) is 11.8 Å². The zero-order valence-electron chi connectivity index (χ0n) is 12.6. The Labute approximate surface area is 132 Å². The first-order chi connectivity index (χ1) is 10.5. The molecule has 1 aromatic rings. The van der Waals surface area contributed by atoms with Gasteiger partial charge in [-0.2, -0.15) is 0 Å². The third-order valence-corrected chi connectivity index (χ3v) is 5.36. The minimum atomic E-state index is -0.0905. The van der Waals surface area contributed by atoms with Gasteiger partial charge >= 0.3 is 0 Å². The second-order valence-electron chi connectivity index (χ2n) is 5.84. The highest BCUT2D eigenvalue weighted by atomic mass is 32.1. The van der Waals surface area contributed by atoms with Gasteiger partial charge in [-0.3, -0.25) is 14.4 Å². The van der Waals surface area contributed by atoms with Crippen molar-refractivity contribution in [3.63, 3.8) is 0 Å². The van der Waals surface area contributed by atoms with Gasteiger partial charge in [-0.1, -0.05) is 11.3 Å². The summed E-state index contributed by atoms with van der Waals surface area (Å²) in [5.74, 6) is 0.0490. The number of Topliss-reactive ketones (excluding diaryl/α,β-unsaturated/α-hetero) is 1. The summed E-state index contributed by atoms with van der Waals surface area (Å²) in [6.45, 7) is 2.80. The fourth-order valence-corrected chi connectivity index (χ4v) is 3.97. The molecule has 2 heterocycles. The molecule has 1 N–H and O–H groups in total. The predicted octanol–water partition coefficient (Wildman–Crippen LogP) is 1.86. The fraction of sp³-hybridized carbons (Fsp3) is 0.600. The number of carbonyl (C=O) groups excluding carboxylic acids is 3. The molecule has 0 saturated carbocycles. The number of hydrogen-bond acceptors (Lipinski definition) is 5. The monoisotopic (exact) mass is 321 g/mol. The maximum atomic E-state index is 12.3. The molecule has 118 valence electrons. The lowest BCUT2D eigenvalue weighted by atomic mass is 9.96. The number of carbonyl (C=O) groups is 3. The summed E-state index contributed by atoms with van der Waals surface area (Å²) in [6.07, 6.45) is 3.58. The van der Waals surface area contributed by atoms with Gasteiger partial charge in [-0.25, -0.2) is 4.98 Å². The van der Waals surface area contributed by atoms with Crippen LogP contribution in [0.25, 0.3) is 0 Å². The highest BCUT2D eigenvalue weighted by Gasteiger charge is 2.28. The van der Waals surface area contributed by atoms with Gasteiger partial charge in [0, 0.05) is 32.4 Å². The minimum absolute atomic E-state index is 0.0539. The molecule has 0 aromatic carbocycles. The van der Waals surface area contributed by atoms with E-state index in [-0.39, 0.29) is 23.5 Å². The maximum absolute atomic E-state index is 12.3. The number of hydrogen-bond donors (Lipinski definition) is 1. The van der Waals surface area contributed by atoms with E-state index in [1.165, 1.54) is 11.3 Å². The molecular formula is C15H19N3O3S. The van der Waals surface area contributed by atoms with E-state index < -0.39 is 0 Å². The predicted molar refractivity (Wildman–Crippen MR) is 83.0 cm³/mol. The average Bonchev–Trinajstić information content (AvgIpc) is 2.91. The molecule has 1 saturated heterocycles. The van der Waals surface area contributed by atoms with Crippen LogP contribution in [0.5, 0.6) is 0 Å². The molecule has 0 bridgehead atoms. The van der Waals surface area contributed by atoms with Crippen LogP contribution < -0.4 is 5.32 Å². The van der Waals surface area contributed by atoms with Crippen LogP contribution in [-0.4, -0.2) is 40.6 Å². The number of likely N-dealkylation sites (tertiary alicyclic amines) is 1. The van der Waals surface area contributed by atoms with E-state index in [4.69, 9.17) is 0 Å². The van der Waals surface area contributed by atoms with E-state index in [1.54, 1.807) is 11.8 Å². The average molecular weight is 321 g/mol. The van der Waals surface area contributed by atoms with E-state index >= 15 is 0 Å². The number of aromatic nitrogens is 1. The number of nitrogens with zero attached hydrogens (tertiary/aromatic N) is 2. The standard InChI is InChI=1S/C15H19N3O3S/c1-9(19)18-7-5-10(6-8-18)14(21)17-15-16-11-3-2-4-12(20)13(11)22-15/h10H,2-8H2,1H3,(H,16,17,21). The van der Waals surface area contributed by atoms with Crippen molar-refractivity contribution >= 4 is 34.1 Å². The molecule has 3 rings (SSSR count). The van der Waals surface area contributed by atoms with E-state index in [1.807, 2.05) is 0 Å². The molecule has 1 aliphatic carbocycles. The van der Waals surface area contributed by atoms with Crippen molar-refractivity contribution in [2.45, 2.75) is 39.0 Å². The lowest BCUT2D eigenvalue weighted by molar-refractivity contribution is -0.132. The smallest absolute Gasteiger partial charge is 0.229 e. The second-order valence-corrected chi connectivity index (χ2v) is 6.84. The van der Waals surface area contributed by atoms with E-state index in [2.05, 4.69) is 10.3 Å². The summed E-state index contributed by atoms with van der Waals surface area (Å²) in [5, 5.41) is 3.37. The first-order valence-corrected chi connectivity index (χ1v) is 8.45. The molecule has 0 atom stereocenters. The highest BCUT2D eigenvalue weighted by Crippen LogP contribution is 2.30. The molecule has 0 unspecified atom stereocenters. The number of anilines is 1. The molecule has 0 radical (unpaired) electrons. The van der Waals surface area contributed by atoms with Crippen molar-refractivity contribution in [1.82, 2.24) is 9.88 Å². The number of nitrogens with one attached hydrogen (secondary N) is 1. The van der Waals surface area contributed by atoms with Gasteiger partial charge in [-0.15, -0.1) is 0 Å². The first-order valence-electron chi connectivity index (χ1n) is 7.64. The molecule has 1 aliphatic heterocycles. The quantitative estimate of drug-likeness (QED) is 0.901. The number of rotatable bonds is 2. The number of aryl methyl sites for hydroxylation is 1. The molecule has 22 heavy (non-hydrogen) atoms. The van der Waals surface area contributed by atoms with Crippen molar-refractivity contribution in [1.29, 1.82) is 0 Å². The van der Waals surface area contributed by atoms with E-state index in [0.717, 1.165) is 18.5 Å². The summed E-state index contributed by atoms with van der Waals surface area (Å²) in [4.78, 5) is 42.3. The normalized spacial score (nSPS) is 19.0. The Morgan fingerprint density at radius 3 is 2.64 bits per heavy atom. The molecule has 1 fully saturated rings. The SMILES string of the molecule is CC(=O)N1CCC(C(=O)Nc2nc3c(s2)C(=O)CCC3)CC1. The van der Waals surface area contributed by atoms with Crippen LogP contribution in [0.15, 0.2) is 0 Å². The zero-order valence-corrected chi connectivity index (χ0v) is 13.4.